The van der Waals surface area contributed by atoms with E-state index < -0.39 is 11.6 Å². The molecule has 2 nitrogen and oxygen atoms in total. The average Bonchev–Trinajstić information content (AvgIpc) is 2.22. The summed E-state index contributed by atoms with van der Waals surface area (Å²) < 4.78 is 26.2. The number of halogens is 3. The zero-order valence-corrected chi connectivity index (χ0v) is 8.17. The van der Waals surface area contributed by atoms with Crippen LogP contribution >= 0.6 is 11.6 Å². The van der Waals surface area contributed by atoms with Gasteiger partial charge in [-0.25, -0.2) is 18.7 Å². The second-order valence-electron chi connectivity index (χ2n) is 2.85. The molecule has 2 aromatic rings. The van der Waals surface area contributed by atoms with Crippen LogP contribution in [0, 0.1) is 11.6 Å². The zero-order valence-electron chi connectivity index (χ0n) is 7.42. The SMILES string of the molecule is Fc1ccc(F)c(-c2cc(Cl)ncn2)c1. The molecule has 0 amide bonds. The van der Waals surface area contributed by atoms with Crippen molar-refractivity contribution in [2.24, 2.45) is 0 Å². The maximum atomic E-state index is 13.3. The molecule has 0 radical (unpaired) electrons. The lowest BCUT2D eigenvalue weighted by Gasteiger charge is -2.02. The largest absolute Gasteiger partial charge is 0.236 e. The van der Waals surface area contributed by atoms with Crippen LogP contribution in [0.25, 0.3) is 11.3 Å². The van der Waals surface area contributed by atoms with Gasteiger partial charge in [0, 0.05) is 11.6 Å². The lowest BCUT2D eigenvalue weighted by Crippen LogP contribution is -1.90. The maximum Gasteiger partial charge on any atom is 0.133 e. The normalized spacial score (nSPS) is 10.3. The topological polar surface area (TPSA) is 25.8 Å². The van der Waals surface area contributed by atoms with Crippen LogP contribution in [0.3, 0.4) is 0 Å². The van der Waals surface area contributed by atoms with Crippen molar-refractivity contribution in [1.82, 2.24) is 9.97 Å². The van der Waals surface area contributed by atoms with Gasteiger partial charge in [-0.3, -0.25) is 0 Å². The molecule has 1 aromatic heterocycles. The van der Waals surface area contributed by atoms with Crippen molar-refractivity contribution in [3.05, 3.63) is 47.4 Å². The van der Waals surface area contributed by atoms with Crippen LogP contribution in [0.5, 0.6) is 0 Å². The van der Waals surface area contributed by atoms with E-state index in [1.165, 1.54) is 12.4 Å². The van der Waals surface area contributed by atoms with Crippen LogP contribution in [0.2, 0.25) is 5.15 Å². The Balaban J connectivity index is 2.58. The number of nitrogens with zero attached hydrogens (tertiary/aromatic N) is 2. The Morgan fingerprint density at radius 3 is 2.60 bits per heavy atom. The molecule has 0 fully saturated rings. The number of hydrogen-bond donors (Lipinski definition) is 0. The van der Waals surface area contributed by atoms with Crippen LogP contribution in [-0.4, -0.2) is 9.97 Å². The van der Waals surface area contributed by atoms with Gasteiger partial charge >= 0.3 is 0 Å². The van der Waals surface area contributed by atoms with Gasteiger partial charge < -0.3 is 0 Å². The molecule has 0 bridgehead atoms. The van der Waals surface area contributed by atoms with E-state index in [4.69, 9.17) is 11.6 Å². The van der Waals surface area contributed by atoms with Gasteiger partial charge in [0.25, 0.3) is 0 Å². The molecule has 0 aliphatic carbocycles. The summed E-state index contributed by atoms with van der Waals surface area (Å²) in [7, 11) is 0. The van der Waals surface area contributed by atoms with Crippen LogP contribution < -0.4 is 0 Å². The molecule has 0 aliphatic heterocycles. The highest BCUT2D eigenvalue weighted by atomic mass is 35.5. The van der Waals surface area contributed by atoms with E-state index in [0.29, 0.717) is 0 Å². The van der Waals surface area contributed by atoms with Crippen molar-refractivity contribution in [3.8, 4) is 11.3 Å². The first-order valence-corrected chi connectivity index (χ1v) is 4.47. The quantitative estimate of drug-likeness (QED) is 0.699. The van der Waals surface area contributed by atoms with Crippen LogP contribution in [-0.2, 0) is 0 Å². The molecule has 15 heavy (non-hydrogen) atoms. The van der Waals surface area contributed by atoms with Gasteiger partial charge in [-0.1, -0.05) is 11.6 Å². The van der Waals surface area contributed by atoms with Gasteiger partial charge in [0.05, 0.1) is 5.69 Å². The Morgan fingerprint density at radius 1 is 1.07 bits per heavy atom. The second kappa shape index (κ2) is 3.90. The number of rotatable bonds is 1. The Kier molecular flexibility index (Phi) is 2.60. The molecule has 1 heterocycles. The summed E-state index contributed by atoms with van der Waals surface area (Å²) in [5, 5.41) is 0.184. The fourth-order valence-electron chi connectivity index (χ4n) is 1.17. The van der Waals surface area contributed by atoms with Crippen LogP contribution in [0.1, 0.15) is 0 Å². The van der Waals surface area contributed by atoms with Crippen molar-refractivity contribution in [2.75, 3.05) is 0 Å². The molecule has 0 spiro atoms. The third kappa shape index (κ3) is 2.10. The van der Waals surface area contributed by atoms with Crippen molar-refractivity contribution >= 4 is 11.6 Å². The Labute approximate surface area is 89.6 Å². The highest BCUT2D eigenvalue weighted by Crippen LogP contribution is 2.22. The smallest absolute Gasteiger partial charge is 0.133 e. The van der Waals surface area contributed by atoms with Crippen molar-refractivity contribution < 1.29 is 8.78 Å². The first-order valence-electron chi connectivity index (χ1n) is 4.10. The molecular weight excluding hydrogens is 222 g/mol. The monoisotopic (exact) mass is 226 g/mol. The maximum absolute atomic E-state index is 13.3. The number of hydrogen-bond acceptors (Lipinski definition) is 2. The summed E-state index contributed by atoms with van der Waals surface area (Å²) in [4.78, 5) is 7.47. The molecule has 0 saturated heterocycles. The zero-order chi connectivity index (χ0) is 10.8. The lowest BCUT2D eigenvalue weighted by molar-refractivity contribution is 0.602. The summed E-state index contributed by atoms with van der Waals surface area (Å²) >= 11 is 5.62. The number of benzene rings is 1. The molecule has 76 valence electrons. The fraction of sp³-hybridized carbons (Fsp3) is 0. The summed E-state index contributed by atoms with van der Waals surface area (Å²) in [5.41, 5.74) is 0.325. The van der Waals surface area contributed by atoms with E-state index in [9.17, 15) is 8.78 Å². The highest BCUT2D eigenvalue weighted by Gasteiger charge is 2.08. The molecule has 0 unspecified atom stereocenters. The second-order valence-corrected chi connectivity index (χ2v) is 3.24. The van der Waals surface area contributed by atoms with Crippen molar-refractivity contribution in [3.63, 3.8) is 0 Å². The van der Waals surface area contributed by atoms with Crippen molar-refractivity contribution in [2.45, 2.75) is 0 Å². The van der Waals surface area contributed by atoms with Crippen LogP contribution in [0.15, 0.2) is 30.6 Å². The van der Waals surface area contributed by atoms with Gasteiger partial charge in [-0.05, 0) is 18.2 Å². The first-order chi connectivity index (χ1) is 7.16. The summed E-state index contributed by atoms with van der Waals surface area (Å²) in [5.74, 6) is -1.08. The highest BCUT2D eigenvalue weighted by molar-refractivity contribution is 6.29. The minimum absolute atomic E-state index is 0.0688. The van der Waals surface area contributed by atoms with E-state index in [2.05, 4.69) is 9.97 Å². The standard InChI is InChI=1S/C10H5ClF2N2/c11-10-4-9(14-5-15-10)7-3-6(12)1-2-8(7)13/h1-5H. The Morgan fingerprint density at radius 2 is 1.87 bits per heavy atom. The third-order valence-electron chi connectivity index (χ3n) is 1.84. The van der Waals surface area contributed by atoms with Gasteiger partial charge in [-0.2, -0.15) is 0 Å². The molecule has 5 heteroatoms. The minimum atomic E-state index is -0.550. The van der Waals surface area contributed by atoms with E-state index in [1.54, 1.807) is 0 Å². The van der Waals surface area contributed by atoms with E-state index >= 15 is 0 Å². The molecule has 0 N–H and O–H groups in total. The van der Waals surface area contributed by atoms with Gasteiger partial charge in [0.1, 0.15) is 23.1 Å². The predicted octanol–water partition coefficient (Wildman–Crippen LogP) is 3.08. The Bertz CT molecular complexity index is 503. The third-order valence-corrected chi connectivity index (χ3v) is 2.04. The van der Waals surface area contributed by atoms with Crippen LogP contribution in [0.4, 0.5) is 8.78 Å². The van der Waals surface area contributed by atoms with Crippen molar-refractivity contribution in [1.29, 1.82) is 0 Å². The average molecular weight is 227 g/mol. The van der Waals surface area contributed by atoms with E-state index in [1.807, 2.05) is 0 Å². The van der Waals surface area contributed by atoms with E-state index in [-0.39, 0.29) is 16.4 Å². The lowest BCUT2D eigenvalue weighted by atomic mass is 10.1. The molecule has 0 atom stereocenters. The molecule has 0 saturated carbocycles. The molecule has 2 rings (SSSR count). The molecular formula is C10H5ClF2N2. The molecule has 0 aliphatic rings. The number of aromatic nitrogens is 2. The van der Waals surface area contributed by atoms with Gasteiger partial charge in [-0.15, -0.1) is 0 Å². The fourth-order valence-corrected chi connectivity index (χ4v) is 1.32. The van der Waals surface area contributed by atoms with Gasteiger partial charge in [0.15, 0.2) is 0 Å². The summed E-state index contributed by atoms with van der Waals surface area (Å²) in [6.45, 7) is 0. The first kappa shape index (κ1) is 9.98. The summed E-state index contributed by atoms with van der Waals surface area (Å²) in [6.07, 6.45) is 1.20. The molecule has 1 aromatic carbocycles. The summed E-state index contributed by atoms with van der Waals surface area (Å²) in [6, 6.07) is 4.52. The van der Waals surface area contributed by atoms with Gasteiger partial charge in [0.2, 0.25) is 0 Å². The Hall–Kier alpha value is -1.55. The van der Waals surface area contributed by atoms with E-state index in [0.717, 1.165) is 18.2 Å². The minimum Gasteiger partial charge on any atom is -0.236 e. The predicted molar refractivity (Wildman–Crippen MR) is 52.4 cm³/mol.